The maximum absolute atomic E-state index is 12.0. The second kappa shape index (κ2) is 7.81. The molecule has 0 saturated heterocycles. The van der Waals surface area contributed by atoms with E-state index in [1.165, 1.54) is 0 Å². The lowest BCUT2D eigenvalue weighted by Crippen LogP contribution is -2.13. The van der Waals surface area contributed by atoms with Gasteiger partial charge in [0.15, 0.2) is 11.5 Å². The van der Waals surface area contributed by atoms with Crippen LogP contribution in [0.2, 0.25) is 10.0 Å². The first-order valence-electron chi connectivity index (χ1n) is 7.75. The normalized spacial score (nSPS) is 13.7. The second-order valence-corrected chi connectivity index (χ2v) is 6.32. The number of fused-ring (bicyclic) bond motifs is 1. The summed E-state index contributed by atoms with van der Waals surface area (Å²) >= 11 is 12.0. The van der Waals surface area contributed by atoms with Crippen molar-refractivity contribution < 1.29 is 14.3 Å². The molecule has 7 heteroatoms. The highest BCUT2D eigenvalue weighted by Gasteiger charge is 2.19. The summed E-state index contributed by atoms with van der Waals surface area (Å²) in [5, 5.41) is 3.80. The third kappa shape index (κ3) is 3.84. The fourth-order valence-electron chi connectivity index (χ4n) is 2.56. The van der Waals surface area contributed by atoms with Crippen LogP contribution in [0.15, 0.2) is 41.4 Å². The third-order valence-corrected chi connectivity index (χ3v) is 4.58. The Kier molecular flexibility index (Phi) is 5.49. The molecule has 26 heavy (non-hydrogen) atoms. The van der Waals surface area contributed by atoms with Gasteiger partial charge < -0.3 is 14.8 Å². The molecular formula is C19H16Cl2N2O3. The lowest BCUT2D eigenvalue weighted by atomic mass is 10.0. The number of benzodiazepines with no additional fused rings is 1. The molecule has 1 N–H and O–H groups in total. The number of hydrogen-bond donors (Lipinski definition) is 1. The van der Waals surface area contributed by atoms with Crippen molar-refractivity contribution in [2.75, 3.05) is 26.1 Å². The van der Waals surface area contributed by atoms with Gasteiger partial charge in [0.25, 0.3) is 0 Å². The molecule has 0 radical (unpaired) electrons. The van der Waals surface area contributed by atoms with E-state index in [-0.39, 0.29) is 12.5 Å². The van der Waals surface area contributed by atoms with Gasteiger partial charge in [0.1, 0.15) is 6.54 Å². The number of methoxy groups -OCH3 is 2. The average molecular weight is 391 g/mol. The number of nitrogens with zero attached hydrogens (tertiary/aromatic N) is 1. The smallest absolute Gasteiger partial charge is 0.246 e. The van der Waals surface area contributed by atoms with Crippen LogP contribution in [0.1, 0.15) is 11.1 Å². The highest BCUT2D eigenvalue weighted by atomic mass is 35.5. The number of rotatable bonds is 4. The summed E-state index contributed by atoms with van der Waals surface area (Å²) in [4.78, 5) is 16.3. The first-order valence-corrected chi connectivity index (χ1v) is 8.51. The zero-order valence-corrected chi connectivity index (χ0v) is 15.7. The lowest BCUT2D eigenvalue weighted by Gasteiger charge is -2.13. The Labute approximate surface area is 161 Å². The number of amides is 1. The van der Waals surface area contributed by atoms with Crippen LogP contribution >= 0.6 is 23.2 Å². The molecule has 2 aromatic rings. The predicted molar refractivity (Wildman–Crippen MR) is 105 cm³/mol. The maximum Gasteiger partial charge on any atom is 0.246 e. The molecule has 0 saturated carbocycles. The summed E-state index contributed by atoms with van der Waals surface area (Å²) in [7, 11) is 3.10. The van der Waals surface area contributed by atoms with Crippen molar-refractivity contribution >= 4 is 46.6 Å². The summed E-state index contributed by atoms with van der Waals surface area (Å²) in [5.41, 5.74) is 2.87. The Bertz CT molecular complexity index is 923. The van der Waals surface area contributed by atoms with Crippen LogP contribution in [0, 0.1) is 0 Å². The number of aliphatic imine (C=N–C) groups is 1. The van der Waals surface area contributed by atoms with E-state index in [1.807, 2.05) is 18.2 Å². The van der Waals surface area contributed by atoms with E-state index in [0.717, 1.165) is 11.1 Å². The molecule has 1 aliphatic heterocycles. The van der Waals surface area contributed by atoms with Crippen LogP contribution in [0.5, 0.6) is 11.5 Å². The highest BCUT2D eigenvalue weighted by Crippen LogP contribution is 2.35. The molecule has 0 bridgehead atoms. The van der Waals surface area contributed by atoms with E-state index < -0.39 is 0 Å². The van der Waals surface area contributed by atoms with Crippen LogP contribution in [0.4, 0.5) is 5.69 Å². The number of carbonyl (C=O) groups is 1. The molecule has 0 unspecified atom stereocenters. The van der Waals surface area contributed by atoms with Crippen molar-refractivity contribution in [2.45, 2.75) is 0 Å². The molecule has 3 rings (SSSR count). The molecule has 5 nitrogen and oxygen atoms in total. The van der Waals surface area contributed by atoms with Gasteiger partial charge in [0.2, 0.25) is 5.91 Å². The minimum atomic E-state index is -0.198. The summed E-state index contributed by atoms with van der Waals surface area (Å²) < 4.78 is 10.7. The van der Waals surface area contributed by atoms with Crippen molar-refractivity contribution in [2.24, 2.45) is 4.99 Å². The second-order valence-electron chi connectivity index (χ2n) is 5.51. The molecule has 1 amide bonds. The summed E-state index contributed by atoms with van der Waals surface area (Å²) in [6, 6.07) is 8.85. The maximum atomic E-state index is 12.0. The van der Waals surface area contributed by atoms with Gasteiger partial charge in [-0.25, -0.2) is 0 Å². The van der Waals surface area contributed by atoms with Crippen molar-refractivity contribution in [3.05, 3.63) is 57.6 Å². The standard InChI is InChI=1S/C19H16Cl2N2O3/c1-25-17-8-12-15(6-4-11-3-5-13(20)14(21)7-11)22-10-19(24)23-16(12)9-18(17)26-2/h3-9H,10H2,1-2H3,(H,23,24). The van der Waals surface area contributed by atoms with E-state index in [9.17, 15) is 4.79 Å². The third-order valence-electron chi connectivity index (χ3n) is 3.84. The number of carbonyl (C=O) groups excluding carboxylic acids is 1. The zero-order valence-electron chi connectivity index (χ0n) is 14.2. The Morgan fingerprint density at radius 2 is 1.77 bits per heavy atom. The van der Waals surface area contributed by atoms with E-state index in [0.29, 0.717) is 32.9 Å². The molecule has 0 aliphatic carbocycles. The zero-order chi connectivity index (χ0) is 18.7. The Balaban J connectivity index is 2.03. The first kappa shape index (κ1) is 18.3. The summed E-state index contributed by atoms with van der Waals surface area (Å²) in [6.07, 6.45) is 3.68. The van der Waals surface area contributed by atoms with Crippen LogP contribution in [-0.4, -0.2) is 32.4 Å². The number of halogens is 2. The fraction of sp³-hybridized carbons (Fsp3) is 0.158. The topological polar surface area (TPSA) is 59.9 Å². The Morgan fingerprint density at radius 1 is 1.04 bits per heavy atom. The van der Waals surface area contributed by atoms with E-state index in [4.69, 9.17) is 32.7 Å². The van der Waals surface area contributed by atoms with Gasteiger partial charge in [-0.05, 0) is 29.8 Å². The van der Waals surface area contributed by atoms with Crippen molar-refractivity contribution in [1.82, 2.24) is 0 Å². The molecule has 0 atom stereocenters. The monoisotopic (exact) mass is 390 g/mol. The van der Waals surface area contributed by atoms with Crippen molar-refractivity contribution in [1.29, 1.82) is 0 Å². The van der Waals surface area contributed by atoms with Crippen LogP contribution < -0.4 is 14.8 Å². The number of nitrogens with one attached hydrogen (secondary N) is 1. The predicted octanol–water partition coefficient (Wildman–Crippen LogP) is 4.47. The average Bonchev–Trinajstić information content (AvgIpc) is 2.79. The molecule has 0 aromatic heterocycles. The number of allylic oxidation sites excluding steroid dienone is 1. The molecule has 0 fully saturated rings. The number of anilines is 1. The fourth-order valence-corrected chi connectivity index (χ4v) is 2.87. The van der Waals surface area contributed by atoms with Gasteiger partial charge in [0, 0.05) is 11.6 Å². The van der Waals surface area contributed by atoms with Crippen molar-refractivity contribution in [3.8, 4) is 11.5 Å². The minimum absolute atomic E-state index is 0.0281. The Morgan fingerprint density at radius 3 is 2.46 bits per heavy atom. The van der Waals surface area contributed by atoms with Gasteiger partial charge in [-0.15, -0.1) is 0 Å². The van der Waals surface area contributed by atoms with Gasteiger partial charge in [-0.1, -0.05) is 35.3 Å². The highest BCUT2D eigenvalue weighted by molar-refractivity contribution is 6.42. The molecule has 1 aliphatic rings. The van der Waals surface area contributed by atoms with Gasteiger partial charge in [0.05, 0.1) is 35.7 Å². The van der Waals surface area contributed by atoms with Crippen LogP contribution in [0.25, 0.3) is 6.08 Å². The molecular weight excluding hydrogens is 375 g/mol. The van der Waals surface area contributed by atoms with E-state index in [2.05, 4.69) is 10.3 Å². The van der Waals surface area contributed by atoms with Gasteiger partial charge >= 0.3 is 0 Å². The first-order chi connectivity index (χ1) is 12.5. The molecule has 0 spiro atoms. The SMILES string of the molecule is COc1cc2c(cc1OC)C(C=Cc1ccc(Cl)c(Cl)c1)=NCC(=O)N2. The molecule has 2 aromatic carbocycles. The summed E-state index contributed by atoms with van der Waals surface area (Å²) in [6.45, 7) is 0.0281. The van der Waals surface area contributed by atoms with E-state index in [1.54, 1.807) is 38.5 Å². The Hall–Kier alpha value is -2.50. The van der Waals surface area contributed by atoms with Gasteiger partial charge in [-0.3, -0.25) is 9.79 Å². The van der Waals surface area contributed by atoms with Crippen LogP contribution in [-0.2, 0) is 4.79 Å². The van der Waals surface area contributed by atoms with Crippen molar-refractivity contribution in [3.63, 3.8) is 0 Å². The number of ether oxygens (including phenoxy) is 2. The number of benzene rings is 2. The molecule has 1 heterocycles. The molecule has 134 valence electrons. The van der Waals surface area contributed by atoms with Crippen LogP contribution in [0.3, 0.4) is 0 Å². The number of hydrogen-bond acceptors (Lipinski definition) is 4. The van der Waals surface area contributed by atoms with Gasteiger partial charge in [-0.2, -0.15) is 0 Å². The van der Waals surface area contributed by atoms with E-state index >= 15 is 0 Å². The quantitative estimate of drug-likeness (QED) is 0.837. The largest absolute Gasteiger partial charge is 0.493 e. The minimum Gasteiger partial charge on any atom is -0.493 e. The summed E-state index contributed by atoms with van der Waals surface area (Å²) in [5.74, 6) is 0.885. The lowest BCUT2D eigenvalue weighted by molar-refractivity contribution is -0.114.